The van der Waals surface area contributed by atoms with Crippen LogP contribution in [0.15, 0.2) is 60.7 Å². The zero-order chi connectivity index (χ0) is 34.6. The fourth-order valence-corrected chi connectivity index (χ4v) is 4.67. The smallest absolute Gasteiger partial charge is 0.272 e. The topological polar surface area (TPSA) is 215 Å². The molecular formula is C30H34ClN11O5. The van der Waals surface area contributed by atoms with Crippen LogP contribution in [0.2, 0.25) is 0 Å². The Morgan fingerprint density at radius 3 is 1.30 bits per heavy atom. The van der Waals surface area contributed by atoms with Crippen molar-refractivity contribution in [3.05, 3.63) is 83.4 Å². The third-order valence-electron chi connectivity index (χ3n) is 6.91. The molecule has 4 aromatic rings. The summed E-state index contributed by atoms with van der Waals surface area (Å²) in [6.07, 6.45) is 6.49. The normalized spacial score (nSPS) is 10.7. The van der Waals surface area contributed by atoms with Crippen molar-refractivity contribution < 1.29 is 24.0 Å². The van der Waals surface area contributed by atoms with Crippen LogP contribution in [-0.4, -0.2) is 60.2 Å². The van der Waals surface area contributed by atoms with E-state index >= 15 is 0 Å². The van der Waals surface area contributed by atoms with E-state index in [9.17, 15) is 24.0 Å². The molecule has 0 saturated heterocycles. The van der Waals surface area contributed by atoms with Gasteiger partial charge in [0.05, 0.1) is 33.6 Å². The number of halogens is 1. The van der Waals surface area contributed by atoms with Crippen LogP contribution in [0.25, 0.3) is 0 Å². The van der Waals surface area contributed by atoms with Crippen LogP contribution >= 0.6 is 11.6 Å². The summed E-state index contributed by atoms with van der Waals surface area (Å²) in [5.74, 6) is -2.45. The predicted octanol–water partition coefficient (Wildman–Crippen LogP) is 2.54. The average Bonchev–Trinajstić information content (AvgIpc) is 3.73. The number of amidine groups is 1. The summed E-state index contributed by atoms with van der Waals surface area (Å²) in [6, 6.07) is 5.99. The molecule has 0 aromatic carbocycles. The molecule has 4 heterocycles. The number of aromatic nitrogens is 4. The summed E-state index contributed by atoms with van der Waals surface area (Å²) >= 11 is 5.61. The van der Waals surface area contributed by atoms with Crippen molar-refractivity contribution in [1.82, 2.24) is 23.6 Å². The standard InChI is InChI=1S/C30H34ClN11O5/c1-16(31)26(43)35-17-9-22(40(3)12-17)28(45)37-19-11-24(42(5)14-19)30(47)38-20-10-23(41(4)15-20)29(46)36-18-8-21(39(2)13-18)27(44)34-7-6-25(32)33/h8-15H,1,6-7H2,2-5H3,(H3,32,33)(H,34,44)(H,35,43)(H,36,46)(H,37,45)(H,38,47). The van der Waals surface area contributed by atoms with E-state index in [1.165, 1.54) is 33.4 Å². The molecule has 0 bridgehead atoms. The number of nitrogens with zero attached hydrogens (tertiary/aromatic N) is 4. The van der Waals surface area contributed by atoms with Crippen molar-refractivity contribution in [2.45, 2.75) is 6.42 Å². The lowest BCUT2D eigenvalue weighted by Gasteiger charge is -2.04. The third kappa shape index (κ3) is 8.17. The molecule has 0 atom stereocenters. The van der Waals surface area contributed by atoms with Crippen molar-refractivity contribution in [3.8, 4) is 0 Å². The number of nitrogens with two attached hydrogens (primary N) is 1. The van der Waals surface area contributed by atoms with Gasteiger partial charge in [-0.25, -0.2) is 0 Å². The lowest BCUT2D eigenvalue weighted by molar-refractivity contribution is -0.112. The van der Waals surface area contributed by atoms with Gasteiger partial charge in [0, 0.05) is 65.9 Å². The second-order valence-electron chi connectivity index (χ2n) is 10.7. The summed E-state index contributed by atoms with van der Waals surface area (Å²) in [5, 5.41) is 20.5. The maximum atomic E-state index is 13.1. The van der Waals surface area contributed by atoms with Gasteiger partial charge in [-0.2, -0.15) is 0 Å². The number of nitrogens with one attached hydrogen (secondary N) is 6. The maximum Gasteiger partial charge on any atom is 0.272 e. The summed E-state index contributed by atoms with van der Waals surface area (Å²) in [5.41, 5.74) is 7.78. The predicted molar refractivity (Wildman–Crippen MR) is 178 cm³/mol. The summed E-state index contributed by atoms with van der Waals surface area (Å²) in [7, 11) is 6.58. The number of carbonyl (C=O) groups excluding carboxylic acids is 5. The fraction of sp³-hybridized carbons (Fsp3) is 0.200. The Hall–Kier alpha value is -6.03. The van der Waals surface area contributed by atoms with Gasteiger partial charge in [-0.1, -0.05) is 18.2 Å². The molecule has 5 amide bonds. The molecule has 0 aliphatic heterocycles. The Kier molecular flexibility index (Phi) is 10.0. The van der Waals surface area contributed by atoms with Crippen LogP contribution in [0, 0.1) is 5.41 Å². The first-order valence-electron chi connectivity index (χ1n) is 14.0. The number of anilines is 4. The van der Waals surface area contributed by atoms with Gasteiger partial charge >= 0.3 is 0 Å². The van der Waals surface area contributed by atoms with Crippen LogP contribution in [-0.2, 0) is 33.0 Å². The average molecular weight is 664 g/mol. The Morgan fingerprint density at radius 2 is 0.979 bits per heavy atom. The lowest BCUT2D eigenvalue weighted by Crippen LogP contribution is -2.28. The van der Waals surface area contributed by atoms with E-state index in [0.29, 0.717) is 28.4 Å². The van der Waals surface area contributed by atoms with E-state index in [-0.39, 0.29) is 46.8 Å². The molecule has 0 radical (unpaired) electrons. The van der Waals surface area contributed by atoms with Gasteiger partial charge in [-0.15, -0.1) is 0 Å². The van der Waals surface area contributed by atoms with E-state index in [1.54, 1.807) is 62.1 Å². The first kappa shape index (κ1) is 33.9. The molecule has 47 heavy (non-hydrogen) atoms. The van der Waals surface area contributed by atoms with Crippen LogP contribution in [0.4, 0.5) is 22.7 Å². The molecule has 16 nitrogen and oxygen atoms in total. The van der Waals surface area contributed by atoms with Crippen molar-refractivity contribution in [2.24, 2.45) is 33.9 Å². The van der Waals surface area contributed by atoms with Crippen molar-refractivity contribution >= 4 is 69.7 Å². The highest BCUT2D eigenvalue weighted by Crippen LogP contribution is 2.21. The zero-order valence-electron chi connectivity index (χ0n) is 26.0. The van der Waals surface area contributed by atoms with Crippen LogP contribution in [0.3, 0.4) is 0 Å². The van der Waals surface area contributed by atoms with E-state index in [1.807, 2.05) is 0 Å². The molecule has 0 fully saturated rings. The van der Waals surface area contributed by atoms with E-state index in [0.717, 1.165) is 0 Å². The molecule has 0 saturated carbocycles. The molecule has 246 valence electrons. The van der Waals surface area contributed by atoms with Crippen molar-refractivity contribution in [2.75, 3.05) is 27.8 Å². The summed E-state index contributed by atoms with van der Waals surface area (Å²) in [4.78, 5) is 63.4. The van der Waals surface area contributed by atoms with Crippen LogP contribution in [0.5, 0.6) is 0 Å². The molecule has 0 spiro atoms. The first-order valence-corrected chi connectivity index (χ1v) is 14.4. The Labute approximate surface area is 274 Å². The molecule has 4 rings (SSSR count). The Morgan fingerprint density at radius 1 is 0.660 bits per heavy atom. The molecular weight excluding hydrogens is 630 g/mol. The summed E-state index contributed by atoms with van der Waals surface area (Å²) < 4.78 is 6.16. The SMILES string of the molecule is C=C(Cl)C(=O)Nc1cc(C(=O)Nc2cc(C(=O)Nc3cc(C(=O)Nc4cc(C(=O)NCCC(=N)N)n(C)c4)n(C)c3)n(C)c2)n(C)c1. The molecule has 4 aromatic heterocycles. The molecule has 17 heteroatoms. The van der Waals surface area contributed by atoms with Crippen molar-refractivity contribution in [1.29, 1.82) is 5.41 Å². The largest absolute Gasteiger partial charge is 0.388 e. The second-order valence-corrected chi connectivity index (χ2v) is 11.1. The first-order chi connectivity index (χ1) is 22.1. The quantitative estimate of drug-likeness (QED) is 0.0686. The fourth-order valence-electron chi connectivity index (χ4n) is 4.62. The number of carbonyl (C=O) groups is 5. The van der Waals surface area contributed by atoms with Crippen LogP contribution in [0.1, 0.15) is 48.4 Å². The molecule has 0 aliphatic carbocycles. The zero-order valence-corrected chi connectivity index (χ0v) is 26.8. The number of hydrogen-bond donors (Lipinski definition) is 7. The van der Waals surface area contributed by atoms with Gasteiger partial charge in [-0.3, -0.25) is 29.4 Å². The monoisotopic (exact) mass is 663 g/mol. The van der Waals surface area contributed by atoms with Crippen molar-refractivity contribution in [3.63, 3.8) is 0 Å². The second kappa shape index (κ2) is 13.9. The lowest BCUT2D eigenvalue weighted by atomic mass is 10.3. The van der Waals surface area contributed by atoms with E-state index < -0.39 is 23.6 Å². The van der Waals surface area contributed by atoms with Gasteiger partial charge in [0.25, 0.3) is 29.5 Å². The molecule has 0 unspecified atom stereocenters. The van der Waals surface area contributed by atoms with Crippen LogP contribution < -0.4 is 32.3 Å². The number of rotatable bonds is 12. The number of hydrogen-bond acceptors (Lipinski definition) is 6. The minimum Gasteiger partial charge on any atom is -0.388 e. The molecule has 8 N–H and O–H groups in total. The summed E-state index contributed by atoms with van der Waals surface area (Å²) in [6.45, 7) is 3.57. The third-order valence-corrected chi connectivity index (χ3v) is 7.08. The highest BCUT2D eigenvalue weighted by atomic mass is 35.5. The van der Waals surface area contributed by atoms with Gasteiger partial charge in [0.1, 0.15) is 22.8 Å². The van der Waals surface area contributed by atoms with Gasteiger partial charge in [0.2, 0.25) is 0 Å². The highest BCUT2D eigenvalue weighted by molar-refractivity contribution is 6.43. The van der Waals surface area contributed by atoms with E-state index in [4.69, 9.17) is 22.7 Å². The minimum atomic E-state index is -0.593. The van der Waals surface area contributed by atoms with E-state index in [2.05, 4.69) is 33.2 Å². The van der Waals surface area contributed by atoms with Gasteiger partial charge < -0.3 is 50.6 Å². The maximum absolute atomic E-state index is 13.1. The van der Waals surface area contributed by atoms with Gasteiger partial charge in [0.15, 0.2) is 0 Å². The highest BCUT2D eigenvalue weighted by Gasteiger charge is 2.20. The van der Waals surface area contributed by atoms with Gasteiger partial charge in [-0.05, 0) is 24.3 Å². The Balaban J connectivity index is 1.38. The number of amides is 5. The molecule has 0 aliphatic rings. The Bertz CT molecular complexity index is 1930. The minimum absolute atomic E-state index is 0.0380. The number of aryl methyl sites for hydroxylation is 4.